The first kappa shape index (κ1) is 17.2. The average molecular weight is 353 g/mol. The molecule has 2 nitrogen and oxygen atoms in total. The van der Waals surface area contributed by atoms with Crippen LogP contribution in [0, 0.1) is 6.92 Å². The Balaban J connectivity index is 2.27. The first-order valence-corrected chi connectivity index (χ1v) is 8.55. The minimum absolute atomic E-state index is 0.640. The van der Waals surface area contributed by atoms with Crippen LogP contribution in [0.15, 0.2) is 51.2 Å². The molecule has 0 N–H and O–H groups in total. The van der Waals surface area contributed by atoms with Gasteiger partial charge in [0.05, 0.1) is 22.1 Å². The van der Waals surface area contributed by atoms with Gasteiger partial charge in [-0.2, -0.15) is 0 Å². The second-order valence-electron chi connectivity index (χ2n) is 4.92. The molecule has 2 rings (SSSR count). The highest BCUT2D eigenvalue weighted by Gasteiger charge is 2.09. The van der Waals surface area contributed by atoms with E-state index in [0.717, 1.165) is 32.6 Å². The van der Waals surface area contributed by atoms with Gasteiger partial charge in [0.1, 0.15) is 0 Å². The molecule has 0 radical (unpaired) electrons. The number of rotatable bonds is 5. The molecule has 0 spiro atoms. The molecule has 0 fully saturated rings. The maximum Gasteiger partial charge on any atom is 0.0910 e. The fourth-order valence-corrected chi connectivity index (χ4v) is 3.22. The van der Waals surface area contributed by atoms with Crippen molar-refractivity contribution < 1.29 is 0 Å². The van der Waals surface area contributed by atoms with Crippen molar-refractivity contribution in [2.75, 3.05) is 13.6 Å². The van der Waals surface area contributed by atoms with Gasteiger partial charge < -0.3 is 4.90 Å². The lowest BCUT2D eigenvalue weighted by Gasteiger charge is -2.11. The van der Waals surface area contributed by atoms with Crippen molar-refractivity contribution in [1.29, 1.82) is 0 Å². The van der Waals surface area contributed by atoms with Gasteiger partial charge in [-0.15, -0.1) is 0 Å². The SMILES string of the molecule is CCN(C)C=Nc1cc(C)c(Sc2ccccc2Cl)cc1Cl. The Morgan fingerprint density at radius 3 is 2.55 bits per heavy atom. The van der Waals surface area contributed by atoms with Gasteiger partial charge in [-0.1, -0.05) is 47.1 Å². The number of hydrogen-bond donors (Lipinski definition) is 0. The molecule has 2 aromatic carbocycles. The normalized spacial score (nSPS) is 11.1. The number of nitrogens with zero attached hydrogens (tertiary/aromatic N) is 2. The largest absolute Gasteiger partial charge is 0.366 e. The fraction of sp³-hybridized carbons (Fsp3) is 0.235. The Morgan fingerprint density at radius 2 is 1.86 bits per heavy atom. The van der Waals surface area contributed by atoms with Crippen molar-refractivity contribution in [2.24, 2.45) is 4.99 Å². The maximum atomic E-state index is 6.36. The summed E-state index contributed by atoms with van der Waals surface area (Å²) in [7, 11) is 1.98. The summed E-state index contributed by atoms with van der Waals surface area (Å²) in [5, 5.41) is 1.38. The summed E-state index contributed by atoms with van der Waals surface area (Å²) in [5.74, 6) is 0. The van der Waals surface area contributed by atoms with E-state index in [2.05, 4.69) is 18.8 Å². The molecule has 0 aliphatic rings. The molecule has 0 heterocycles. The number of hydrogen-bond acceptors (Lipinski definition) is 2. The third-order valence-electron chi connectivity index (χ3n) is 3.19. The van der Waals surface area contributed by atoms with Gasteiger partial charge in [0.2, 0.25) is 0 Å². The van der Waals surface area contributed by atoms with Crippen LogP contribution in [0.4, 0.5) is 5.69 Å². The Kier molecular flexibility index (Phi) is 6.18. The molecule has 0 amide bonds. The highest BCUT2D eigenvalue weighted by atomic mass is 35.5. The summed E-state index contributed by atoms with van der Waals surface area (Å²) < 4.78 is 0. The minimum atomic E-state index is 0.640. The standard InChI is InChI=1S/C17H18Cl2N2S/c1-4-21(3)11-20-15-9-12(2)17(10-14(15)19)22-16-8-6-5-7-13(16)18/h5-11H,4H2,1-3H3. The van der Waals surface area contributed by atoms with Crippen LogP contribution in [0.3, 0.4) is 0 Å². The van der Waals surface area contributed by atoms with Crippen molar-refractivity contribution in [2.45, 2.75) is 23.6 Å². The summed E-state index contributed by atoms with van der Waals surface area (Å²) in [6.45, 7) is 5.03. The van der Waals surface area contributed by atoms with Gasteiger partial charge in [0.15, 0.2) is 0 Å². The van der Waals surface area contributed by atoms with E-state index >= 15 is 0 Å². The highest BCUT2D eigenvalue weighted by Crippen LogP contribution is 2.39. The van der Waals surface area contributed by atoms with Crippen LogP contribution in [0.5, 0.6) is 0 Å². The molecule has 2 aromatic rings. The van der Waals surface area contributed by atoms with Crippen LogP contribution >= 0.6 is 35.0 Å². The van der Waals surface area contributed by atoms with E-state index < -0.39 is 0 Å². The van der Waals surface area contributed by atoms with Crippen LogP contribution in [-0.2, 0) is 0 Å². The van der Waals surface area contributed by atoms with Crippen molar-refractivity contribution in [3.63, 3.8) is 0 Å². The summed E-state index contributed by atoms with van der Waals surface area (Å²) >= 11 is 14.2. The molecule has 116 valence electrons. The Bertz CT molecular complexity index is 686. The minimum Gasteiger partial charge on any atom is -0.366 e. The summed E-state index contributed by atoms with van der Waals surface area (Å²) in [6.07, 6.45) is 1.79. The zero-order chi connectivity index (χ0) is 16.1. The molecule has 5 heteroatoms. The average Bonchev–Trinajstić information content (AvgIpc) is 2.51. The molecule has 0 saturated carbocycles. The van der Waals surface area contributed by atoms with E-state index in [-0.39, 0.29) is 0 Å². The topological polar surface area (TPSA) is 15.6 Å². The Hall–Kier alpha value is -1.16. The van der Waals surface area contributed by atoms with E-state index in [9.17, 15) is 0 Å². The Labute approximate surface area is 146 Å². The fourth-order valence-electron chi connectivity index (χ4n) is 1.75. The van der Waals surface area contributed by atoms with Crippen molar-refractivity contribution in [3.8, 4) is 0 Å². The molecule has 0 bridgehead atoms. The molecule has 0 saturated heterocycles. The molecular formula is C17H18Cl2N2S. The van der Waals surface area contributed by atoms with Gasteiger partial charge >= 0.3 is 0 Å². The van der Waals surface area contributed by atoms with Gasteiger partial charge in [-0.3, -0.25) is 0 Å². The van der Waals surface area contributed by atoms with Gasteiger partial charge in [-0.25, -0.2) is 4.99 Å². The second kappa shape index (κ2) is 7.91. The second-order valence-corrected chi connectivity index (χ2v) is 6.82. The van der Waals surface area contributed by atoms with Crippen LogP contribution in [0.1, 0.15) is 12.5 Å². The van der Waals surface area contributed by atoms with E-state index in [0.29, 0.717) is 5.02 Å². The summed E-state index contributed by atoms with van der Waals surface area (Å²) in [4.78, 5) is 8.54. The quantitative estimate of drug-likeness (QED) is 0.479. The maximum absolute atomic E-state index is 6.36. The van der Waals surface area contributed by atoms with Gasteiger partial charge in [0, 0.05) is 23.4 Å². The van der Waals surface area contributed by atoms with Gasteiger partial charge in [0.25, 0.3) is 0 Å². The third kappa shape index (κ3) is 4.42. The van der Waals surface area contributed by atoms with Crippen LogP contribution in [0.2, 0.25) is 10.0 Å². The van der Waals surface area contributed by atoms with E-state index in [1.807, 2.05) is 48.3 Å². The number of aryl methyl sites for hydroxylation is 1. The third-order valence-corrected chi connectivity index (χ3v) is 5.17. The molecule has 0 aliphatic carbocycles. The zero-order valence-corrected chi connectivity index (χ0v) is 15.1. The monoisotopic (exact) mass is 352 g/mol. The molecule has 22 heavy (non-hydrogen) atoms. The number of aliphatic imine (C=N–C) groups is 1. The Morgan fingerprint density at radius 1 is 1.14 bits per heavy atom. The van der Waals surface area contributed by atoms with E-state index in [1.54, 1.807) is 18.1 Å². The van der Waals surface area contributed by atoms with Crippen LogP contribution in [0.25, 0.3) is 0 Å². The molecule has 0 atom stereocenters. The van der Waals surface area contributed by atoms with Crippen molar-refractivity contribution in [1.82, 2.24) is 4.90 Å². The van der Waals surface area contributed by atoms with Gasteiger partial charge in [-0.05, 0) is 43.7 Å². The lowest BCUT2D eigenvalue weighted by Crippen LogP contribution is -2.14. The first-order chi connectivity index (χ1) is 10.5. The van der Waals surface area contributed by atoms with Crippen molar-refractivity contribution >= 4 is 47.0 Å². The summed E-state index contributed by atoms with van der Waals surface area (Å²) in [6, 6.07) is 11.7. The lowest BCUT2D eigenvalue weighted by atomic mass is 10.2. The number of benzene rings is 2. The van der Waals surface area contributed by atoms with Crippen molar-refractivity contribution in [3.05, 3.63) is 52.0 Å². The van der Waals surface area contributed by atoms with Crippen LogP contribution in [-0.4, -0.2) is 24.8 Å². The smallest absolute Gasteiger partial charge is 0.0910 e. The molecule has 0 unspecified atom stereocenters. The number of halogens is 2. The zero-order valence-electron chi connectivity index (χ0n) is 12.8. The first-order valence-electron chi connectivity index (χ1n) is 6.98. The molecule has 0 aromatic heterocycles. The van der Waals surface area contributed by atoms with Crippen LogP contribution < -0.4 is 0 Å². The molecular weight excluding hydrogens is 335 g/mol. The predicted octanol–water partition coefficient (Wildman–Crippen LogP) is 6.06. The van der Waals surface area contributed by atoms with E-state index in [4.69, 9.17) is 23.2 Å². The predicted molar refractivity (Wildman–Crippen MR) is 98.2 cm³/mol. The molecule has 0 aliphatic heterocycles. The highest BCUT2D eigenvalue weighted by molar-refractivity contribution is 7.99. The lowest BCUT2D eigenvalue weighted by molar-refractivity contribution is 0.552. The summed E-state index contributed by atoms with van der Waals surface area (Å²) in [5.41, 5.74) is 1.91. The van der Waals surface area contributed by atoms with E-state index in [1.165, 1.54) is 0 Å².